The van der Waals surface area contributed by atoms with Gasteiger partial charge in [-0.2, -0.15) is 0 Å². The Hall–Kier alpha value is -2.52. The van der Waals surface area contributed by atoms with Crippen LogP contribution in [0.1, 0.15) is 58.3 Å². The van der Waals surface area contributed by atoms with Crippen LogP contribution >= 0.6 is 10.3 Å². The summed E-state index contributed by atoms with van der Waals surface area (Å²) in [7, 11) is -2.07. The average molecular weight is 436 g/mol. The van der Waals surface area contributed by atoms with Crippen molar-refractivity contribution in [3.8, 4) is 0 Å². The highest BCUT2D eigenvalue weighted by Crippen LogP contribution is 2.69. The van der Waals surface area contributed by atoms with Crippen molar-refractivity contribution in [2.75, 3.05) is 0 Å². The van der Waals surface area contributed by atoms with Crippen molar-refractivity contribution in [1.29, 1.82) is 0 Å². The summed E-state index contributed by atoms with van der Waals surface area (Å²) in [5.41, 5.74) is 0. The van der Waals surface area contributed by atoms with Gasteiger partial charge in [-0.25, -0.2) is 0 Å². The lowest BCUT2D eigenvalue weighted by molar-refractivity contribution is 0.468. The highest BCUT2D eigenvalue weighted by atomic mass is 32.3. The van der Waals surface area contributed by atoms with Gasteiger partial charge in [0, 0.05) is 0 Å². The largest absolute Gasteiger partial charge is 0.495 e. The molecule has 0 amide bonds. The van der Waals surface area contributed by atoms with Gasteiger partial charge in [0.1, 0.15) is 6.42 Å². The van der Waals surface area contributed by atoms with Crippen LogP contribution in [0.4, 0.5) is 0 Å². The number of benzene rings is 3. The predicted octanol–water partition coefficient (Wildman–Crippen LogP) is 8.54. The molecule has 3 aromatic rings. The Labute approximate surface area is 189 Å². The van der Waals surface area contributed by atoms with Crippen LogP contribution in [-0.2, 0) is 4.18 Å². The van der Waals surface area contributed by atoms with Crippen LogP contribution in [0.25, 0.3) is 0 Å². The molecule has 0 aliphatic rings. The average Bonchev–Trinajstić information content (AvgIpc) is 2.83. The molecule has 0 atom stereocenters. The Morgan fingerprint density at radius 3 is 1.42 bits per heavy atom. The van der Waals surface area contributed by atoms with E-state index < -0.39 is 10.3 Å². The third-order valence-corrected chi connectivity index (χ3v) is 8.69. The van der Waals surface area contributed by atoms with Crippen LogP contribution in [0.15, 0.2) is 106 Å². The van der Waals surface area contributed by atoms with Crippen LogP contribution in [0.3, 0.4) is 0 Å². The van der Waals surface area contributed by atoms with Crippen LogP contribution in [0.5, 0.6) is 0 Å². The quantitative estimate of drug-likeness (QED) is 0.207. The molecular formula is C28H35O2S+. The summed E-state index contributed by atoms with van der Waals surface area (Å²) in [5.74, 6) is 0.139. The van der Waals surface area contributed by atoms with E-state index in [9.17, 15) is 4.79 Å². The normalized spacial score (nSPS) is 11.8. The van der Waals surface area contributed by atoms with Crippen LogP contribution in [0.2, 0.25) is 0 Å². The summed E-state index contributed by atoms with van der Waals surface area (Å²) in [6.45, 7) is 2.24. The van der Waals surface area contributed by atoms with E-state index in [-0.39, 0.29) is 5.97 Å². The smallest absolute Gasteiger partial charge is 0.338 e. The number of unbranched alkanes of at least 4 members (excludes halogenated alkanes) is 6. The first-order valence-corrected chi connectivity index (χ1v) is 13.1. The minimum Gasteiger partial charge on any atom is -0.338 e. The summed E-state index contributed by atoms with van der Waals surface area (Å²) < 4.78 is 6.60. The molecule has 0 aliphatic heterocycles. The molecule has 0 bridgehead atoms. The minimum absolute atomic E-state index is 0.139. The van der Waals surface area contributed by atoms with Gasteiger partial charge in [-0.15, -0.1) is 0 Å². The molecule has 0 radical (unpaired) electrons. The molecule has 0 fully saturated rings. The highest BCUT2D eigenvalue weighted by Gasteiger charge is 2.41. The predicted molar refractivity (Wildman–Crippen MR) is 132 cm³/mol. The molecule has 3 aromatic carbocycles. The summed E-state index contributed by atoms with van der Waals surface area (Å²) in [4.78, 5) is 14.2. The second-order valence-corrected chi connectivity index (χ2v) is 10.5. The zero-order chi connectivity index (χ0) is 21.8. The van der Waals surface area contributed by atoms with Crippen molar-refractivity contribution >= 4 is 16.3 Å². The standard InChI is InChI=1S/C28H34O2S/c1-2-3-4-5-6-7-17-24-28(29)30-31(25-18-11-8-12-19-25,26-20-13-9-14-21-26)27-22-15-10-16-23-27/h8-16,18-23H,2-7,17,24H2,1H3/p+1. The Morgan fingerprint density at radius 1 is 0.613 bits per heavy atom. The Morgan fingerprint density at radius 2 is 1.00 bits per heavy atom. The number of hydrogen-bond donors (Lipinski definition) is 0. The molecular weight excluding hydrogens is 400 g/mol. The van der Waals surface area contributed by atoms with E-state index in [2.05, 4.69) is 43.3 Å². The van der Waals surface area contributed by atoms with E-state index in [0.717, 1.165) is 27.5 Å². The Kier molecular flexibility index (Phi) is 9.23. The van der Waals surface area contributed by atoms with Crippen LogP contribution < -0.4 is 0 Å². The lowest BCUT2D eigenvalue weighted by Crippen LogP contribution is -2.14. The molecule has 0 unspecified atom stereocenters. The van der Waals surface area contributed by atoms with E-state index in [1.807, 2.05) is 54.6 Å². The van der Waals surface area contributed by atoms with E-state index in [0.29, 0.717) is 6.42 Å². The van der Waals surface area contributed by atoms with Crippen molar-refractivity contribution in [3.05, 3.63) is 91.0 Å². The lowest BCUT2D eigenvalue weighted by Gasteiger charge is -2.33. The van der Waals surface area contributed by atoms with Crippen molar-refractivity contribution in [3.63, 3.8) is 0 Å². The zero-order valence-electron chi connectivity index (χ0n) is 18.6. The van der Waals surface area contributed by atoms with Gasteiger partial charge in [-0.3, -0.25) is 4.18 Å². The summed E-state index contributed by atoms with van der Waals surface area (Å²) in [6.07, 6.45) is 9.06. The topological polar surface area (TPSA) is 30.6 Å². The summed E-state index contributed by atoms with van der Waals surface area (Å²) in [6, 6.07) is 31.0. The molecule has 3 rings (SSSR count). The molecule has 1 N–H and O–H groups in total. The lowest BCUT2D eigenvalue weighted by atomic mass is 10.1. The molecule has 0 spiro atoms. The van der Waals surface area contributed by atoms with Crippen LogP contribution in [-0.4, -0.2) is 10.8 Å². The summed E-state index contributed by atoms with van der Waals surface area (Å²) in [5, 5.41) is 0. The van der Waals surface area contributed by atoms with Gasteiger partial charge in [0.2, 0.25) is 0 Å². The van der Waals surface area contributed by atoms with Gasteiger partial charge in [0.25, 0.3) is 0 Å². The first kappa shape index (κ1) is 23.1. The highest BCUT2D eigenvalue weighted by molar-refractivity contribution is 8.30. The molecule has 164 valence electrons. The van der Waals surface area contributed by atoms with E-state index in [1.165, 1.54) is 32.1 Å². The van der Waals surface area contributed by atoms with Gasteiger partial charge in [0.15, 0.2) is 0 Å². The maximum Gasteiger partial charge on any atom is 0.495 e. The van der Waals surface area contributed by atoms with Crippen molar-refractivity contribution < 1.29 is 8.98 Å². The third-order valence-electron chi connectivity index (χ3n) is 5.44. The van der Waals surface area contributed by atoms with E-state index in [1.54, 1.807) is 0 Å². The van der Waals surface area contributed by atoms with E-state index in [4.69, 9.17) is 4.18 Å². The number of carbonyl (C=O) groups excluding carboxylic acids is 1. The van der Waals surface area contributed by atoms with Gasteiger partial charge in [-0.1, -0.05) is 100 Å². The van der Waals surface area contributed by atoms with Crippen LogP contribution in [0, 0.1) is 0 Å². The first-order valence-electron chi connectivity index (χ1n) is 11.5. The van der Waals surface area contributed by atoms with E-state index >= 15 is 0 Å². The third kappa shape index (κ3) is 6.24. The second-order valence-electron chi connectivity index (χ2n) is 7.84. The molecule has 2 nitrogen and oxygen atoms in total. The molecule has 3 heteroatoms. The first-order chi connectivity index (χ1) is 15.3. The molecule has 0 aliphatic carbocycles. The Balaban J connectivity index is 1.84. The Bertz CT molecular complexity index is 797. The molecule has 0 aromatic heterocycles. The van der Waals surface area contributed by atoms with Crippen molar-refractivity contribution in [2.24, 2.45) is 0 Å². The zero-order valence-corrected chi connectivity index (χ0v) is 19.4. The maximum atomic E-state index is 10.9. The van der Waals surface area contributed by atoms with Crippen molar-refractivity contribution in [1.82, 2.24) is 0 Å². The fourth-order valence-corrected chi connectivity index (χ4v) is 6.91. The number of hydrogen-bond acceptors (Lipinski definition) is 1. The van der Waals surface area contributed by atoms with Gasteiger partial charge >= 0.3 is 5.97 Å². The van der Waals surface area contributed by atoms with Gasteiger partial charge in [0.05, 0.1) is 25.0 Å². The van der Waals surface area contributed by atoms with Crippen molar-refractivity contribution in [2.45, 2.75) is 73.0 Å². The maximum absolute atomic E-state index is 10.9. The van der Waals surface area contributed by atoms with Gasteiger partial charge in [-0.05, 0) is 42.8 Å². The minimum atomic E-state index is -2.07. The summed E-state index contributed by atoms with van der Waals surface area (Å²) >= 11 is 0. The second kappa shape index (κ2) is 12.4. The molecule has 0 heterocycles. The fourth-order valence-electron chi connectivity index (χ4n) is 3.81. The molecule has 31 heavy (non-hydrogen) atoms. The monoisotopic (exact) mass is 435 g/mol. The molecule has 0 saturated carbocycles. The number of rotatable bonds is 12. The fraction of sp³-hybridized carbons (Fsp3) is 0.321. The SMILES string of the molecule is CCCCCCCCCC(=[OH+])OS(c1ccccc1)(c1ccccc1)c1ccccc1. The molecule has 0 saturated heterocycles. The van der Waals surface area contributed by atoms with Gasteiger partial charge < -0.3 is 4.79 Å².